The monoisotopic (exact) mass is 405 g/mol. The number of carbonyl (C=O) groups is 1. The lowest BCUT2D eigenvalue weighted by Gasteiger charge is -2.12. The van der Waals surface area contributed by atoms with Gasteiger partial charge in [0.1, 0.15) is 5.75 Å². The van der Waals surface area contributed by atoms with Gasteiger partial charge in [0.2, 0.25) is 11.1 Å². The first kappa shape index (κ1) is 19.6. The fourth-order valence-corrected chi connectivity index (χ4v) is 3.17. The van der Waals surface area contributed by atoms with Gasteiger partial charge in [-0.25, -0.2) is 13.5 Å². The minimum Gasteiger partial charge on any atom is -0.496 e. The number of ether oxygens (including phenoxy) is 1. The number of nitrogens with one attached hydrogen (secondary N) is 1. The smallest absolute Gasteiger partial charge is 0.237 e. The van der Waals surface area contributed by atoms with Crippen molar-refractivity contribution in [1.29, 1.82) is 0 Å². The summed E-state index contributed by atoms with van der Waals surface area (Å²) in [7, 11) is 1.54. The van der Waals surface area contributed by atoms with Crippen LogP contribution >= 0.6 is 11.8 Å². The van der Waals surface area contributed by atoms with Crippen LogP contribution in [0.2, 0.25) is 0 Å². The predicted molar refractivity (Wildman–Crippen MR) is 102 cm³/mol. The summed E-state index contributed by atoms with van der Waals surface area (Å²) < 4.78 is 32.8. The van der Waals surface area contributed by atoms with Crippen LogP contribution in [-0.4, -0.2) is 33.1 Å². The lowest BCUT2D eigenvalue weighted by atomic mass is 10.2. The Morgan fingerprint density at radius 3 is 2.68 bits per heavy atom. The van der Waals surface area contributed by atoms with Crippen LogP contribution in [0.3, 0.4) is 0 Å². The van der Waals surface area contributed by atoms with Crippen LogP contribution in [0, 0.1) is 11.6 Å². The summed E-state index contributed by atoms with van der Waals surface area (Å²) in [4.78, 5) is 12.3. The number of methoxy groups -OCH3 is 1. The number of benzene rings is 2. The lowest BCUT2D eigenvalue weighted by molar-refractivity contribution is -0.115. The molecule has 0 radical (unpaired) electrons. The third-order valence-electron chi connectivity index (χ3n) is 3.85. The molecule has 0 saturated heterocycles. The molecule has 3 aromatic rings. The van der Waals surface area contributed by atoms with Gasteiger partial charge < -0.3 is 15.9 Å². The topological polar surface area (TPSA) is 95.1 Å². The largest absolute Gasteiger partial charge is 0.496 e. The van der Waals surface area contributed by atoms with Gasteiger partial charge in [0.15, 0.2) is 17.5 Å². The van der Waals surface area contributed by atoms with Gasteiger partial charge in [0.05, 0.1) is 17.9 Å². The van der Waals surface area contributed by atoms with Crippen molar-refractivity contribution < 1.29 is 18.3 Å². The fraction of sp³-hybridized carbons (Fsp3) is 0.167. The summed E-state index contributed by atoms with van der Waals surface area (Å²) in [5.41, 5.74) is 0.811. The van der Waals surface area contributed by atoms with Crippen LogP contribution in [0.15, 0.2) is 47.6 Å². The summed E-state index contributed by atoms with van der Waals surface area (Å²) in [6, 6.07) is 10.3. The number of halogens is 2. The average Bonchev–Trinajstić information content (AvgIpc) is 3.04. The van der Waals surface area contributed by atoms with E-state index < -0.39 is 22.8 Å². The van der Waals surface area contributed by atoms with E-state index in [4.69, 9.17) is 10.6 Å². The summed E-state index contributed by atoms with van der Waals surface area (Å²) in [6.45, 7) is 1.64. The Morgan fingerprint density at radius 2 is 1.96 bits per heavy atom. The highest BCUT2D eigenvalue weighted by Crippen LogP contribution is 2.30. The molecule has 1 amide bonds. The molecule has 3 N–H and O–H groups in total. The van der Waals surface area contributed by atoms with E-state index >= 15 is 0 Å². The van der Waals surface area contributed by atoms with Crippen LogP contribution in [0.25, 0.3) is 11.4 Å². The molecule has 0 spiro atoms. The molecule has 1 atom stereocenters. The van der Waals surface area contributed by atoms with E-state index in [1.54, 1.807) is 19.1 Å². The van der Waals surface area contributed by atoms with Crippen molar-refractivity contribution in [1.82, 2.24) is 14.9 Å². The maximum Gasteiger partial charge on any atom is 0.237 e. The Labute approximate surface area is 163 Å². The van der Waals surface area contributed by atoms with Gasteiger partial charge in [0, 0.05) is 11.8 Å². The SMILES string of the molecule is COc1ccccc1-c1nnc(SC(C)C(=O)Nc2ccc(F)c(F)c2)n1N. The first-order chi connectivity index (χ1) is 13.4. The molecule has 0 bridgehead atoms. The number of nitrogens with zero attached hydrogens (tertiary/aromatic N) is 3. The fourth-order valence-electron chi connectivity index (χ4n) is 2.40. The molecule has 10 heteroatoms. The standard InChI is InChI=1S/C18H17F2N5O2S/c1-10(17(26)22-11-7-8-13(19)14(20)9-11)28-18-24-23-16(25(18)21)12-5-3-4-6-15(12)27-2/h3-10H,21H2,1-2H3,(H,22,26). The second-order valence-corrected chi connectivity index (χ2v) is 7.06. The van der Waals surface area contributed by atoms with Crippen LogP contribution in [-0.2, 0) is 4.79 Å². The molecule has 1 heterocycles. The molecule has 0 aliphatic rings. The van der Waals surface area contributed by atoms with Gasteiger partial charge in [-0.3, -0.25) is 4.79 Å². The van der Waals surface area contributed by atoms with E-state index in [9.17, 15) is 13.6 Å². The molecule has 1 unspecified atom stereocenters. The van der Waals surface area contributed by atoms with Crippen LogP contribution < -0.4 is 15.9 Å². The number of rotatable bonds is 6. The Balaban J connectivity index is 1.74. The zero-order chi connectivity index (χ0) is 20.3. The second kappa shape index (κ2) is 8.26. The molecular weight excluding hydrogens is 388 g/mol. The first-order valence-corrected chi connectivity index (χ1v) is 9.05. The Kier molecular flexibility index (Phi) is 5.78. The van der Waals surface area contributed by atoms with E-state index in [2.05, 4.69) is 15.5 Å². The van der Waals surface area contributed by atoms with Crippen LogP contribution in [0.5, 0.6) is 5.75 Å². The second-order valence-electron chi connectivity index (χ2n) is 5.75. The Bertz CT molecular complexity index is 1010. The third kappa shape index (κ3) is 4.06. The minimum absolute atomic E-state index is 0.153. The maximum atomic E-state index is 13.3. The third-order valence-corrected chi connectivity index (χ3v) is 4.91. The summed E-state index contributed by atoms with van der Waals surface area (Å²) in [6.07, 6.45) is 0. The van der Waals surface area contributed by atoms with Crippen molar-refractivity contribution >= 4 is 23.4 Å². The van der Waals surface area contributed by atoms with E-state index in [0.717, 1.165) is 23.9 Å². The van der Waals surface area contributed by atoms with Crippen molar-refractivity contribution in [2.24, 2.45) is 0 Å². The molecule has 0 aliphatic heterocycles. The highest BCUT2D eigenvalue weighted by Gasteiger charge is 2.21. The number of hydrogen-bond donors (Lipinski definition) is 2. The number of para-hydroxylation sites is 1. The predicted octanol–water partition coefficient (Wildman–Crippen LogP) is 3.06. The zero-order valence-corrected chi connectivity index (χ0v) is 15.8. The normalized spacial score (nSPS) is 11.9. The quantitative estimate of drug-likeness (QED) is 0.483. The van der Waals surface area contributed by atoms with Gasteiger partial charge in [-0.15, -0.1) is 10.2 Å². The van der Waals surface area contributed by atoms with E-state index in [1.165, 1.54) is 17.9 Å². The molecular formula is C18H17F2N5O2S. The van der Waals surface area contributed by atoms with Crippen LogP contribution in [0.4, 0.5) is 14.5 Å². The summed E-state index contributed by atoms with van der Waals surface area (Å²) >= 11 is 1.08. The number of carbonyl (C=O) groups excluding carboxylic acids is 1. The highest BCUT2D eigenvalue weighted by atomic mass is 32.2. The van der Waals surface area contributed by atoms with E-state index in [-0.39, 0.29) is 5.69 Å². The van der Waals surface area contributed by atoms with Crippen molar-refractivity contribution in [3.8, 4) is 17.1 Å². The van der Waals surface area contributed by atoms with E-state index in [1.807, 2.05) is 12.1 Å². The molecule has 2 aromatic carbocycles. The molecule has 1 aromatic heterocycles. The molecule has 0 fully saturated rings. The van der Waals surface area contributed by atoms with Gasteiger partial charge in [-0.1, -0.05) is 23.9 Å². The number of thioether (sulfide) groups is 1. The zero-order valence-electron chi connectivity index (χ0n) is 15.0. The summed E-state index contributed by atoms with van der Waals surface area (Å²) in [5, 5.41) is 10.3. The number of nitrogens with two attached hydrogens (primary N) is 1. The van der Waals surface area contributed by atoms with Crippen molar-refractivity contribution in [3.63, 3.8) is 0 Å². The average molecular weight is 405 g/mol. The van der Waals surface area contributed by atoms with Crippen LogP contribution in [0.1, 0.15) is 6.92 Å². The number of hydrogen-bond acceptors (Lipinski definition) is 6. The minimum atomic E-state index is -1.04. The molecule has 0 saturated carbocycles. The molecule has 7 nitrogen and oxygen atoms in total. The van der Waals surface area contributed by atoms with Gasteiger partial charge in [0.25, 0.3) is 0 Å². The van der Waals surface area contributed by atoms with Gasteiger partial charge in [-0.05, 0) is 31.2 Å². The maximum absolute atomic E-state index is 13.3. The van der Waals surface area contributed by atoms with Crippen molar-refractivity contribution in [3.05, 3.63) is 54.1 Å². The summed E-state index contributed by atoms with van der Waals surface area (Å²) in [5.74, 6) is 4.61. The molecule has 28 heavy (non-hydrogen) atoms. The number of aromatic nitrogens is 3. The van der Waals surface area contributed by atoms with Gasteiger partial charge >= 0.3 is 0 Å². The van der Waals surface area contributed by atoms with Gasteiger partial charge in [-0.2, -0.15) is 0 Å². The van der Waals surface area contributed by atoms with E-state index in [0.29, 0.717) is 22.3 Å². The molecule has 3 rings (SSSR count). The number of amides is 1. The van der Waals surface area contributed by atoms with Crippen molar-refractivity contribution in [2.45, 2.75) is 17.3 Å². The number of anilines is 1. The molecule has 0 aliphatic carbocycles. The number of nitrogen functional groups attached to an aromatic ring is 1. The lowest BCUT2D eigenvalue weighted by Crippen LogP contribution is -2.23. The highest BCUT2D eigenvalue weighted by molar-refractivity contribution is 8.00. The molecule has 146 valence electrons. The van der Waals surface area contributed by atoms with Crippen molar-refractivity contribution in [2.75, 3.05) is 18.3 Å². The first-order valence-electron chi connectivity index (χ1n) is 8.17. The Hall–Kier alpha value is -3.14. The Morgan fingerprint density at radius 1 is 1.21 bits per heavy atom.